The smallest absolute Gasteiger partial charge is 0.126 e. The van der Waals surface area contributed by atoms with Crippen molar-refractivity contribution in [2.45, 2.75) is 46.5 Å². The minimum Gasteiger partial charge on any atom is -0.500 e. The van der Waals surface area contributed by atoms with Crippen molar-refractivity contribution in [3.05, 3.63) is 70.3 Å². The lowest BCUT2D eigenvalue weighted by atomic mass is 9.89. The number of ether oxygens (including phenoxy) is 2. The highest BCUT2D eigenvalue weighted by Crippen LogP contribution is 2.37. The summed E-state index contributed by atoms with van der Waals surface area (Å²) in [5.41, 5.74) is 6.28. The van der Waals surface area contributed by atoms with Crippen LogP contribution in [-0.2, 0) is 9.47 Å². The third-order valence-electron chi connectivity index (χ3n) is 4.45. The van der Waals surface area contributed by atoms with Gasteiger partial charge in [0.25, 0.3) is 0 Å². The molecule has 0 fully saturated rings. The maximum Gasteiger partial charge on any atom is 0.126 e. The molecule has 0 N–H and O–H groups in total. The van der Waals surface area contributed by atoms with Crippen LogP contribution in [0.2, 0.25) is 0 Å². The molecule has 0 atom stereocenters. The molecule has 0 bridgehead atoms. The maximum atomic E-state index is 5.72. The van der Waals surface area contributed by atoms with Gasteiger partial charge in [-0.25, -0.2) is 0 Å². The first-order valence-corrected chi connectivity index (χ1v) is 9.81. The van der Waals surface area contributed by atoms with Gasteiger partial charge >= 0.3 is 0 Å². The zero-order valence-electron chi connectivity index (χ0n) is 16.2. The summed E-state index contributed by atoms with van der Waals surface area (Å²) in [5, 5.41) is 0.946. The lowest BCUT2D eigenvalue weighted by Crippen LogP contribution is -2.10. The average Bonchev–Trinajstić information content (AvgIpc) is 2.61. The van der Waals surface area contributed by atoms with Crippen LogP contribution in [-0.4, -0.2) is 19.5 Å². The van der Waals surface area contributed by atoms with Gasteiger partial charge in [0.05, 0.1) is 14.2 Å². The number of alkyl halides is 1. The Bertz CT molecular complexity index is 630. The van der Waals surface area contributed by atoms with Gasteiger partial charge < -0.3 is 9.47 Å². The van der Waals surface area contributed by atoms with Crippen LogP contribution in [0.4, 0.5) is 0 Å². The van der Waals surface area contributed by atoms with Gasteiger partial charge in [0.15, 0.2) is 0 Å². The van der Waals surface area contributed by atoms with Crippen LogP contribution in [0.5, 0.6) is 0 Å². The molecule has 0 aromatic heterocycles. The Morgan fingerprint density at radius 2 is 1.88 bits per heavy atom. The van der Waals surface area contributed by atoms with E-state index in [4.69, 9.17) is 9.47 Å². The first-order chi connectivity index (χ1) is 12.0. The third kappa shape index (κ3) is 6.39. The molecule has 0 saturated carbocycles. The average molecular weight is 407 g/mol. The molecule has 0 spiro atoms. The molecule has 2 nitrogen and oxygen atoms in total. The van der Waals surface area contributed by atoms with Crippen LogP contribution in [0, 0.1) is 0 Å². The van der Waals surface area contributed by atoms with E-state index in [1.54, 1.807) is 20.3 Å². The van der Waals surface area contributed by atoms with E-state index in [1.807, 2.05) is 6.08 Å². The Morgan fingerprint density at radius 1 is 1.16 bits per heavy atom. The Labute approximate surface area is 161 Å². The molecule has 1 aliphatic carbocycles. The molecular weight excluding hydrogens is 376 g/mol. The van der Waals surface area contributed by atoms with Crippen molar-refractivity contribution in [1.82, 2.24) is 0 Å². The number of hydrogen-bond donors (Lipinski definition) is 0. The van der Waals surface area contributed by atoms with E-state index >= 15 is 0 Å². The predicted octanol–water partition coefficient (Wildman–Crippen LogP) is 6.78. The van der Waals surface area contributed by atoms with E-state index in [9.17, 15) is 0 Å². The highest BCUT2D eigenvalue weighted by atomic mass is 79.9. The molecule has 0 aromatic rings. The maximum absolute atomic E-state index is 5.72. The molecule has 0 unspecified atom stereocenters. The fourth-order valence-corrected chi connectivity index (χ4v) is 3.13. The summed E-state index contributed by atoms with van der Waals surface area (Å²) >= 11 is 3.48. The summed E-state index contributed by atoms with van der Waals surface area (Å²) in [4.78, 5) is 0. The molecule has 1 rings (SSSR count). The minimum absolute atomic E-state index is 0.750. The van der Waals surface area contributed by atoms with E-state index in [1.165, 1.54) is 22.3 Å². The quantitative estimate of drug-likeness (QED) is 0.310. The van der Waals surface area contributed by atoms with Crippen LogP contribution >= 0.6 is 15.9 Å². The highest BCUT2D eigenvalue weighted by Gasteiger charge is 2.23. The normalized spacial score (nSPS) is 18.1. The van der Waals surface area contributed by atoms with Crippen LogP contribution in [0.15, 0.2) is 70.3 Å². The van der Waals surface area contributed by atoms with Gasteiger partial charge in [-0.2, -0.15) is 0 Å². The van der Waals surface area contributed by atoms with Crippen LogP contribution in [0.25, 0.3) is 0 Å². The van der Waals surface area contributed by atoms with Crippen LogP contribution in [0.1, 0.15) is 46.5 Å². The van der Waals surface area contributed by atoms with E-state index in [2.05, 4.69) is 55.4 Å². The van der Waals surface area contributed by atoms with Crippen LogP contribution < -0.4 is 0 Å². The number of halogens is 1. The van der Waals surface area contributed by atoms with Crippen molar-refractivity contribution in [3.8, 4) is 0 Å². The second-order valence-electron chi connectivity index (χ2n) is 6.35. The number of methoxy groups -OCH3 is 2. The Kier molecular flexibility index (Phi) is 9.66. The van der Waals surface area contributed by atoms with E-state index in [-0.39, 0.29) is 0 Å². The zero-order chi connectivity index (χ0) is 18.8. The summed E-state index contributed by atoms with van der Waals surface area (Å²) < 4.78 is 11.3. The molecule has 0 radical (unpaired) electrons. The van der Waals surface area contributed by atoms with Gasteiger partial charge in [0.2, 0.25) is 0 Å². The monoisotopic (exact) mass is 406 g/mol. The van der Waals surface area contributed by atoms with Crippen molar-refractivity contribution in [3.63, 3.8) is 0 Å². The molecule has 3 heteroatoms. The largest absolute Gasteiger partial charge is 0.500 e. The summed E-state index contributed by atoms with van der Waals surface area (Å²) in [6, 6.07) is 0. The van der Waals surface area contributed by atoms with E-state index < -0.39 is 0 Å². The lowest BCUT2D eigenvalue weighted by molar-refractivity contribution is 0.258. The SMILES string of the molecule is C=C/C=C1\CC(OC)=C(C)C(C/C=C(\C)CC/C=C(\C)CBr)=C1OC. The second-order valence-corrected chi connectivity index (χ2v) is 6.91. The highest BCUT2D eigenvalue weighted by molar-refractivity contribution is 9.09. The lowest BCUT2D eigenvalue weighted by Gasteiger charge is -2.25. The molecule has 0 aromatic carbocycles. The van der Waals surface area contributed by atoms with E-state index in [0.29, 0.717) is 0 Å². The first kappa shape index (κ1) is 21.6. The Morgan fingerprint density at radius 3 is 2.44 bits per heavy atom. The van der Waals surface area contributed by atoms with Gasteiger partial charge in [-0.1, -0.05) is 58.0 Å². The summed E-state index contributed by atoms with van der Waals surface area (Å²) in [7, 11) is 3.47. The number of hydrogen-bond acceptors (Lipinski definition) is 2. The fraction of sp³-hybridized carbons (Fsp3) is 0.455. The second kappa shape index (κ2) is 11.2. The summed E-state index contributed by atoms with van der Waals surface area (Å²) in [5.74, 6) is 1.96. The molecule has 138 valence electrons. The summed E-state index contributed by atoms with van der Waals surface area (Å²) in [6.07, 6.45) is 12.2. The van der Waals surface area contributed by atoms with Crippen molar-refractivity contribution < 1.29 is 9.47 Å². The summed E-state index contributed by atoms with van der Waals surface area (Å²) in [6.45, 7) is 10.3. The third-order valence-corrected chi connectivity index (χ3v) is 5.34. The molecule has 25 heavy (non-hydrogen) atoms. The molecule has 0 amide bonds. The van der Waals surface area contributed by atoms with E-state index in [0.717, 1.165) is 48.1 Å². The van der Waals surface area contributed by atoms with Gasteiger partial charge in [0.1, 0.15) is 11.5 Å². The van der Waals surface area contributed by atoms with Gasteiger partial charge in [0, 0.05) is 22.9 Å². The van der Waals surface area contributed by atoms with Crippen molar-refractivity contribution in [2.75, 3.05) is 19.5 Å². The molecule has 0 saturated heterocycles. The molecule has 0 aliphatic heterocycles. The zero-order valence-corrected chi connectivity index (χ0v) is 17.8. The van der Waals surface area contributed by atoms with Gasteiger partial charge in [-0.05, 0) is 45.6 Å². The number of rotatable bonds is 9. The fourth-order valence-electron chi connectivity index (χ4n) is 2.90. The van der Waals surface area contributed by atoms with Crippen molar-refractivity contribution in [2.24, 2.45) is 0 Å². The van der Waals surface area contributed by atoms with Crippen LogP contribution in [0.3, 0.4) is 0 Å². The van der Waals surface area contributed by atoms with Gasteiger partial charge in [-0.3, -0.25) is 0 Å². The molecular formula is C22H31BrO2. The van der Waals surface area contributed by atoms with Gasteiger partial charge in [-0.15, -0.1) is 0 Å². The number of allylic oxidation sites excluding steroid dienone is 10. The molecule has 1 aliphatic rings. The minimum atomic E-state index is 0.750. The topological polar surface area (TPSA) is 18.5 Å². The van der Waals surface area contributed by atoms with Crippen molar-refractivity contribution >= 4 is 15.9 Å². The standard InChI is InChI=1S/C22H31BrO2/c1-7-9-19-14-21(24-5)18(4)20(22(19)25-6)13-12-16(2)10-8-11-17(3)15-23/h7,9,11-12H,1,8,10,13-15H2,2-6H3/b16-12+,17-11+,19-9+. The Hall–Kier alpha value is -1.48. The van der Waals surface area contributed by atoms with Crippen molar-refractivity contribution in [1.29, 1.82) is 0 Å². The molecule has 0 heterocycles. The predicted molar refractivity (Wildman–Crippen MR) is 112 cm³/mol. The Balaban J connectivity index is 3.01. The first-order valence-electron chi connectivity index (χ1n) is 8.68.